The molecule has 1 aromatic rings. The van der Waals surface area contributed by atoms with Crippen LogP contribution in [0.5, 0.6) is 0 Å². The maximum absolute atomic E-state index is 12.4. The topological polar surface area (TPSA) is 105 Å². The van der Waals surface area contributed by atoms with Gasteiger partial charge in [0.05, 0.1) is 17.1 Å². The number of hydrogen-bond donors (Lipinski definition) is 0. The number of nitro groups is 1. The van der Waals surface area contributed by atoms with Crippen molar-refractivity contribution in [3.8, 4) is 0 Å². The lowest BCUT2D eigenvalue weighted by Gasteiger charge is -2.25. The third-order valence-corrected chi connectivity index (χ3v) is 5.02. The fourth-order valence-corrected chi connectivity index (χ4v) is 3.55. The monoisotopic (exact) mass is 349 g/mol. The van der Waals surface area contributed by atoms with Crippen molar-refractivity contribution >= 4 is 17.4 Å². The highest BCUT2D eigenvalue weighted by molar-refractivity contribution is 5.91. The molecule has 2 aliphatic carbocycles. The van der Waals surface area contributed by atoms with Gasteiger partial charge in [0.15, 0.2) is 0 Å². The highest BCUT2D eigenvalue weighted by Crippen LogP contribution is 2.64. The smallest absolute Gasteiger partial charge is 0.338 e. The summed E-state index contributed by atoms with van der Waals surface area (Å²) in [4.78, 5) is 34.4. The first kappa shape index (κ1) is 17.5. The predicted molar refractivity (Wildman–Crippen MR) is 84.9 cm³/mol. The summed E-state index contributed by atoms with van der Waals surface area (Å²) in [5.41, 5.74) is -0.208. The van der Waals surface area contributed by atoms with Gasteiger partial charge < -0.3 is 14.2 Å². The second kappa shape index (κ2) is 6.89. The highest BCUT2D eigenvalue weighted by atomic mass is 16.7. The van der Waals surface area contributed by atoms with Gasteiger partial charge in [-0.05, 0) is 25.0 Å². The fourth-order valence-electron chi connectivity index (χ4n) is 3.55. The number of non-ortho nitro benzene ring substituents is 1. The summed E-state index contributed by atoms with van der Waals surface area (Å²) in [7, 11) is 1.50. The molecule has 0 spiro atoms. The Labute approximate surface area is 144 Å². The summed E-state index contributed by atoms with van der Waals surface area (Å²) in [5.74, 6) is -0.434. The highest BCUT2D eigenvalue weighted by Gasteiger charge is 2.66. The Balaban J connectivity index is 1.70. The van der Waals surface area contributed by atoms with Gasteiger partial charge in [-0.2, -0.15) is 0 Å². The maximum Gasteiger partial charge on any atom is 0.338 e. The molecule has 0 saturated heterocycles. The lowest BCUT2D eigenvalue weighted by atomic mass is 9.96. The van der Waals surface area contributed by atoms with Gasteiger partial charge in [0.1, 0.15) is 18.7 Å². The summed E-state index contributed by atoms with van der Waals surface area (Å²) in [6.07, 6.45) is 1.35. The van der Waals surface area contributed by atoms with Crippen LogP contribution in [0.1, 0.15) is 29.6 Å². The molecular formula is C17H19NO7. The van der Waals surface area contributed by atoms with Gasteiger partial charge in [-0.3, -0.25) is 14.9 Å². The van der Waals surface area contributed by atoms with E-state index in [1.807, 2.05) is 0 Å². The number of benzene rings is 1. The van der Waals surface area contributed by atoms with Crippen molar-refractivity contribution in [2.24, 2.45) is 11.3 Å². The number of hydrogen-bond acceptors (Lipinski definition) is 7. The van der Waals surface area contributed by atoms with E-state index in [2.05, 4.69) is 0 Å². The average molecular weight is 349 g/mol. The lowest BCUT2D eigenvalue weighted by molar-refractivity contribution is -0.384. The molecule has 8 heteroatoms. The van der Waals surface area contributed by atoms with Crippen LogP contribution >= 0.6 is 0 Å². The molecule has 2 aliphatic rings. The number of Topliss-reactive ketones (excluding diaryl/α,β-unsaturated/α-hetero) is 1. The van der Waals surface area contributed by atoms with Crippen molar-refractivity contribution in [2.75, 3.05) is 20.5 Å². The Kier molecular flexibility index (Phi) is 4.82. The van der Waals surface area contributed by atoms with E-state index in [1.54, 1.807) is 0 Å². The molecule has 3 rings (SSSR count). The van der Waals surface area contributed by atoms with E-state index >= 15 is 0 Å². The zero-order valence-electron chi connectivity index (χ0n) is 13.8. The Bertz CT molecular complexity index is 687. The molecule has 0 unspecified atom stereocenters. The molecule has 134 valence electrons. The summed E-state index contributed by atoms with van der Waals surface area (Å²) < 4.78 is 15.8. The second-order valence-corrected chi connectivity index (χ2v) is 6.43. The Morgan fingerprint density at radius 2 is 2.12 bits per heavy atom. The van der Waals surface area contributed by atoms with E-state index in [9.17, 15) is 19.7 Å². The number of esters is 1. The summed E-state index contributed by atoms with van der Waals surface area (Å²) in [6, 6.07) is 5.22. The van der Waals surface area contributed by atoms with E-state index in [1.165, 1.54) is 31.4 Å². The van der Waals surface area contributed by atoms with Gasteiger partial charge in [-0.25, -0.2) is 4.79 Å². The van der Waals surface area contributed by atoms with Crippen LogP contribution in [-0.2, 0) is 19.0 Å². The first-order chi connectivity index (χ1) is 12.0. The molecule has 25 heavy (non-hydrogen) atoms. The molecule has 0 heterocycles. The van der Waals surface area contributed by atoms with Crippen LogP contribution in [0.15, 0.2) is 24.3 Å². The number of methoxy groups -OCH3 is 1. The molecule has 0 aliphatic heterocycles. The molecular weight excluding hydrogens is 330 g/mol. The number of carbonyl (C=O) groups is 2. The number of nitrogens with zero attached hydrogens (tertiary/aromatic N) is 1. The minimum atomic E-state index is -0.583. The van der Waals surface area contributed by atoms with Gasteiger partial charge >= 0.3 is 5.97 Å². The van der Waals surface area contributed by atoms with Crippen LogP contribution in [0.2, 0.25) is 0 Å². The minimum Gasteiger partial charge on any atom is -0.456 e. The maximum atomic E-state index is 12.4. The van der Waals surface area contributed by atoms with Gasteiger partial charge in [-0.1, -0.05) is 0 Å². The van der Waals surface area contributed by atoms with Gasteiger partial charge in [0, 0.05) is 37.0 Å². The van der Waals surface area contributed by atoms with Crippen molar-refractivity contribution in [1.82, 2.24) is 0 Å². The van der Waals surface area contributed by atoms with Crippen LogP contribution in [0, 0.1) is 21.4 Å². The van der Waals surface area contributed by atoms with Crippen LogP contribution in [0.3, 0.4) is 0 Å². The first-order valence-corrected chi connectivity index (χ1v) is 8.03. The zero-order chi connectivity index (χ0) is 18.0. The molecule has 2 fully saturated rings. The SMILES string of the molecule is COCOC[C@H](OC(=O)c1ccc([N+](=O)[O-])cc1)[C@@]12CCC(=O)[C@@H]1C2. The van der Waals surface area contributed by atoms with Gasteiger partial charge in [-0.15, -0.1) is 0 Å². The third kappa shape index (κ3) is 3.40. The predicted octanol–water partition coefficient (Wildman–Crippen LogP) is 2.11. The molecule has 1 aromatic carbocycles. The number of fused-ring (bicyclic) bond motifs is 1. The Morgan fingerprint density at radius 3 is 2.64 bits per heavy atom. The quantitative estimate of drug-likeness (QED) is 0.233. The van der Waals surface area contributed by atoms with Crippen LogP contribution < -0.4 is 0 Å². The van der Waals surface area contributed by atoms with Gasteiger partial charge in [0.25, 0.3) is 5.69 Å². The number of carbonyl (C=O) groups excluding carboxylic acids is 2. The van der Waals surface area contributed by atoms with Crippen LogP contribution in [0.4, 0.5) is 5.69 Å². The van der Waals surface area contributed by atoms with Crippen molar-refractivity contribution in [1.29, 1.82) is 0 Å². The standard InChI is InChI=1S/C17H19NO7/c1-23-10-24-9-15(17-7-6-14(19)13(17)8-17)25-16(20)11-2-4-12(5-3-11)18(21)22/h2-5,13,15H,6-10H2,1H3/t13-,15-,17+/m0/s1. The molecule has 3 atom stereocenters. The molecule has 0 aromatic heterocycles. The van der Waals surface area contributed by atoms with E-state index in [4.69, 9.17) is 14.2 Å². The summed E-state index contributed by atoms with van der Waals surface area (Å²) in [6.45, 7) is 0.219. The molecule has 0 amide bonds. The fraction of sp³-hybridized carbons (Fsp3) is 0.529. The van der Waals surface area contributed by atoms with E-state index < -0.39 is 17.0 Å². The largest absolute Gasteiger partial charge is 0.456 e. The van der Waals surface area contributed by atoms with Crippen molar-refractivity contribution in [2.45, 2.75) is 25.4 Å². The molecule has 0 radical (unpaired) electrons. The molecule has 0 N–H and O–H groups in total. The zero-order valence-corrected chi connectivity index (χ0v) is 13.8. The van der Waals surface area contributed by atoms with E-state index in [0.29, 0.717) is 19.3 Å². The van der Waals surface area contributed by atoms with E-state index in [-0.39, 0.29) is 41.8 Å². The number of rotatable bonds is 8. The van der Waals surface area contributed by atoms with Gasteiger partial charge in [0.2, 0.25) is 0 Å². The second-order valence-electron chi connectivity index (χ2n) is 6.43. The number of ketones is 1. The third-order valence-electron chi connectivity index (χ3n) is 5.02. The number of nitro benzene ring substituents is 1. The molecule has 2 saturated carbocycles. The molecule has 0 bridgehead atoms. The number of ether oxygens (including phenoxy) is 3. The van der Waals surface area contributed by atoms with Crippen molar-refractivity contribution < 1.29 is 28.7 Å². The van der Waals surface area contributed by atoms with Crippen molar-refractivity contribution in [3.05, 3.63) is 39.9 Å². The minimum absolute atomic E-state index is 0.0618. The normalized spacial score (nSPS) is 25.3. The Hall–Kier alpha value is -2.32. The van der Waals surface area contributed by atoms with Crippen LogP contribution in [-0.4, -0.2) is 43.3 Å². The average Bonchev–Trinajstić information content (AvgIpc) is 3.27. The lowest BCUT2D eigenvalue weighted by Crippen LogP contribution is -2.33. The van der Waals surface area contributed by atoms with Crippen molar-refractivity contribution in [3.63, 3.8) is 0 Å². The first-order valence-electron chi connectivity index (χ1n) is 8.03. The van der Waals surface area contributed by atoms with E-state index in [0.717, 1.165) is 0 Å². The molecule has 8 nitrogen and oxygen atoms in total. The summed E-state index contributed by atoms with van der Waals surface area (Å²) >= 11 is 0. The Morgan fingerprint density at radius 1 is 1.40 bits per heavy atom. The van der Waals surface area contributed by atoms with Crippen LogP contribution in [0.25, 0.3) is 0 Å². The summed E-state index contributed by atoms with van der Waals surface area (Å²) in [5, 5.41) is 10.7.